The van der Waals surface area contributed by atoms with Gasteiger partial charge in [-0.3, -0.25) is 4.79 Å². The molecule has 0 bridgehead atoms. The lowest BCUT2D eigenvalue weighted by Gasteiger charge is -2.25. The highest BCUT2D eigenvalue weighted by molar-refractivity contribution is 9.10. The molecule has 0 heterocycles. The van der Waals surface area contributed by atoms with Crippen LogP contribution in [0.25, 0.3) is 0 Å². The summed E-state index contributed by atoms with van der Waals surface area (Å²) in [7, 11) is -3.98. The second-order valence-electron chi connectivity index (χ2n) is 4.83. The second-order valence-corrected chi connectivity index (χ2v) is 8.18. The number of halogens is 3. The topological polar surface area (TPSA) is 89.3 Å². The van der Waals surface area contributed by atoms with Crippen molar-refractivity contribution in [3.8, 4) is 0 Å². The summed E-state index contributed by atoms with van der Waals surface area (Å²) >= 11 is 15.0. The van der Waals surface area contributed by atoms with Crippen molar-refractivity contribution in [1.82, 2.24) is 4.72 Å². The van der Waals surface area contributed by atoms with E-state index in [9.17, 15) is 13.2 Å². The zero-order chi connectivity index (χ0) is 15.7. The molecule has 0 aliphatic carbocycles. The summed E-state index contributed by atoms with van der Waals surface area (Å²) in [6.45, 7) is 3.08. The molecular weight excluding hydrogens is 391 g/mol. The molecule has 1 aromatic carbocycles. The molecular formula is C11H13BrCl2N2O3S. The maximum absolute atomic E-state index is 12.3. The zero-order valence-electron chi connectivity index (χ0n) is 10.7. The molecule has 112 valence electrons. The van der Waals surface area contributed by atoms with Crippen molar-refractivity contribution in [2.75, 3.05) is 0 Å². The van der Waals surface area contributed by atoms with Crippen LogP contribution in [0.3, 0.4) is 0 Å². The number of benzene rings is 1. The van der Waals surface area contributed by atoms with Crippen LogP contribution in [0.5, 0.6) is 0 Å². The van der Waals surface area contributed by atoms with Gasteiger partial charge in [-0.1, -0.05) is 39.1 Å². The van der Waals surface area contributed by atoms with Crippen LogP contribution in [0.1, 0.15) is 20.3 Å². The van der Waals surface area contributed by atoms with Crippen LogP contribution in [-0.2, 0) is 14.8 Å². The first-order valence-corrected chi connectivity index (χ1v) is 8.45. The van der Waals surface area contributed by atoms with E-state index in [2.05, 4.69) is 20.7 Å². The highest BCUT2D eigenvalue weighted by Gasteiger charge is 2.30. The first kappa shape index (κ1) is 17.7. The monoisotopic (exact) mass is 402 g/mol. The van der Waals surface area contributed by atoms with Gasteiger partial charge in [0.2, 0.25) is 15.9 Å². The summed E-state index contributed by atoms with van der Waals surface area (Å²) in [6, 6.07) is 2.84. The van der Waals surface area contributed by atoms with Crippen LogP contribution in [0.15, 0.2) is 21.5 Å². The van der Waals surface area contributed by atoms with E-state index in [0.29, 0.717) is 4.47 Å². The molecule has 1 rings (SSSR count). The van der Waals surface area contributed by atoms with E-state index in [0.717, 1.165) is 0 Å². The van der Waals surface area contributed by atoms with Gasteiger partial charge in [-0.05, 0) is 26.0 Å². The van der Waals surface area contributed by atoms with Crippen LogP contribution in [-0.4, -0.2) is 19.9 Å². The maximum Gasteiger partial charge on any atom is 0.244 e. The van der Waals surface area contributed by atoms with Crippen LogP contribution in [0.2, 0.25) is 10.0 Å². The molecule has 0 saturated heterocycles. The van der Waals surface area contributed by atoms with E-state index in [1.807, 2.05) is 0 Å². The number of carbonyl (C=O) groups is 1. The van der Waals surface area contributed by atoms with Crippen molar-refractivity contribution < 1.29 is 13.2 Å². The Hall–Kier alpha value is -0.340. The smallest absolute Gasteiger partial charge is 0.244 e. The molecule has 0 atom stereocenters. The number of nitrogens with one attached hydrogen (secondary N) is 1. The Kier molecular flexibility index (Phi) is 5.48. The van der Waals surface area contributed by atoms with E-state index >= 15 is 0 Å². The van der Waals surface area contributed by atoms with Gasteiger partial charge in [-0.15, -0.1) is 0 Å². The molecule has 0 aliphatic heterocycles. The van der Waals surface area contributed by atoms with Gasteiger partial charge in [0.05, 0.1) is 10.0 Å². The fourth-order valence-electron chi connectivity index (χ4n) is 1.67. The number of amides is 1. The molecule has 0 unspecified atom stereocenters. The van der Waals surface area contributed by atoms with Crippen LogP contribution < -0.4 is 10.5 Å². The van der Waals surface area contributed by atoms with Gasteiger partial charge in [-0.25, -0.2) is 13.1 Å². The molecule has 5 nitrogen and oxygen atoms in total. The summed E-state index contributed by atoms with van der Waals surface area (Å²) < 4.78 is 27.6. The van der Waals surface area contributed by atoms with Gasteiger partial charge in [-0.2, -0.15) is 0 Å². The van der Waals surface area contributed by atoms with Crippen molar-refractivity contribution in [3.63, 3.8) is 0 Å². The first-order chi connectivity index (χ1) is 8.94. The number of primary amides is 1. The molecule has 9 heteroatoms. The standard InChI is InChI=1S/C11H13BrCl2N2O3S/c1-11(2,5-9(15)17)16-20(18,19)10-7(13)3-6(12)4-8(10)14/h3-4,16H,5H2,1-2H3,(H2,15,17). The molecule has 0 saturated carbocycles. The van der Waals surface area contributed by atoms with E-state index in [-0.39, 0.29) is 21.4 Å². The second kappa shape index (κ2) is 6.19. The van der Waals surface area contributed by atoms with Crippen molar-refractivity contribution in [1.29, 1.82) is 0 Å². The molecule has 1 amide bonds. The summed E-state index contributed by atoms with van der Waals surface area (Å²) in [5, 5.41) is -0.0431. The van der Waals surface area contributed by atoms with Crippen molar-refractivity contribution in [2.24, 2.45) is 5.73 Å². The largest absolute Gasteiger partial charge is 0.370 e. The molecule has 20 heavy (non-hydrogen) atoms. The molecule has 3 N–H and O–H groups in total. The minimum atomic E-state index is -3.98. The Morgan fingerprint density at radius 2 is 1.80 bits per heavy atom. The number of carbonyl (C=O) groups excluding carboxylic acids is 1. The SMILES string of the molecule is CC(C)(CC(N)=O)NS(=O)(=O)c1c(Cl)cc(Br)cc1Cl. The lowest BCUT2D eigenvalue weighted by molar-refractivity contribution is -0.119. The molecule has 0 aliphatic rings. The normalized spacial score (nSPS) is 12.4. The van der Waals surface area contributed by atoms with Crippen molar-refractivity contribution in [3.05, 3.63) is 26.7 Å². The predicted octanol–water partition coefficient (Wildman–Crippen LogP) is 2.69. The highest BCUT2D eigenvalue weighted by Crippen LogP contribution is 2.33. The van der Waals surface area contributed by atoms with Gasteiger partial charge in [0.1, 0.15) is 4.90 Å². The average molecular weight is 404 g/mol. The van der Waals surface area contributed by atoms with Gasteiger partial charge in [0.25, 0.3) is 0 Å². The Bertz CT molecular complexity index is 624. The highest BCUT2D eigenvalue weighted by atomic mass is 79.9. The summed E-state index contributed by atoms with van der Waals surface area (Å²) in [5.41, 5.74) is 4.03. The summed E-state index contributed by atoms with van der Waals surface area (Å²) in [4.78, 5) is 10.7. The van der Waals surface area contributed by atoms with Crippen molar-refractivity contribution >= 4 is 55.1 Å². The average Bonchev–Trinajstić information content (AvgIpc) is 2.08. The van der Waals surface area contributed by atoms with Gasteiger partial charge >= 0.3 is 0 Å². The maximum atomic E-state index is 12.3. The Balaban J connectivity index is 3.22. The minimum absolute atomic E-state index is 0.0215. The van der Waals surface area contributed by atoms with Crippen LogP contribution in [0.4, 0.5) is 0 Å². The lowest BCUT2D eigenvalue weighted by Crippen LogP contribution is -2.46. The molecule has 0 fully saturated rings. The van der Waals surface area contributed by atoms with E-state index in [1.165, 1.54) is 26.0 Å². The first-order valence-electron chi connectivity index (χ1n) is 5.41. The lowest BCUT2D eigenvalue weighted by atomic mass is 10.0. The van der Waals surface area contributed by atoms with Crippen LogP contribution in [0, 0.1) is 0 Å². The zero-order valence-corrected chi connectivity index (χ0v) is 14.6. The number of hydrogen-bond donors (Lipinski definition) is 2. The fraction of sp³-hybridized carbons (Fsp3) is 0.364. The third-order valence-electron chi connectivity index (χ3n) is 2.26. The Labute approximate surface area is 136 Å². The third kappa shape index (κ3) is 4.60. The van der Waals surface area contributed by atoms with E-state index < -0.39 is 21.5 Å². The van der Waals surface area contributed by atoms with Gasteiger partial charge in [0, 0.05) is 16.4 Å². The predicted molar refractivity (Wildman–Crippen MR) is 82.4 cm³/mol. The molecule has 1 aromatic rings. The Morgan fingerprint density at radius 1 is 1.35 bits per heavy atom. The van der Waals surface area contributed by atoms with Gasteiger partial charge in [0.15, 0.2) is 0 Å². The summed E-state index contributed by atoms with van der Waals surface area (Å²) in [6.07, 6.45) is -0.155. The number of rotatable bonds is 5. The number of sulfonamides is 1. The third-order valence-corrected chi connectivity index (χ3v) is 5.34. The number of hydrogen-bond acceptors (Lipinski definition) is 3. The molecule has 0 radical (unpaired) electrons. The van der Waals surface area contributed by atoms with Crippen molar-refractivity contribution in [2.45, 2.75) is 30.7 Å². The van der Waals surface area contributed by atoms with E-state index in [4.69, 9.17) is 28.9 Å². The van der Waals surface area contributed by atoms with Gasteiger partial charge < -0.3 is 5.73 Å². The molecule has 0 aromatic heterocycles. The minimum Gasteiger partial charge on any atom is -0.370 e. The van der Waals surface area contributed by atoms with Crippen LogP contribution >= 0.6 is 39.1 Å². The number of nitrogens with two attached hydrogens (primary N) is 1. The quantitative estimate of drug-likeness (QED) is 0.791. The molecule has 0 spiro atoms. The van der Waals surface area contributed by atoms with E-state index in [1.54, 1.807) is 0 Å². The summed E-state index contributed by atoms with van der Waals surface area (Å²) in [5.74, 6) is -0.620. The Morgan fingerprint density at radius 3 is 2.20 bits per heavy atom. The fourth-order valence-corrected chi connectivity index (χ4v) is 5.02.